The van der Waals surface area contributed by atoms with Gasteiger partial charge < -0.3 is 10.2 Å². The van der Waals surface area contributed by atoms with Crippen LogP contribution in [0.25, 0.3) is 0 Å². The first-order valence-electron chi connectivity index (χ1n) is 8.60. The fourth-order valence-electron chi connectivity index (χ4n) is 3.52. The first-order chi connectivity index (χ1) is 11.4. The molecule has 1 aliphatic rings. The van der Waals surface area contributed by atoms with Gasteiger partial charge >= 0.3 is 0 Å². The maximum atomic E-state index is 12.9. The zero-order valence-corrected chi connectivity index (χ0v) is 15.2. The van der Waals surface area contributed by atoms with Crippen molar-refractivity contribution in [3.63, 3.8) is 0 Å². The Hall–Kier alpha value is -2.29. The zero-order valence-electron chi connectivity index (χ0n) is 15.2. The fraction of sp³-hybridized carbons (Fsp3) is 0.381. The molecule has 1 N–H and O–H groups in total. The van der Waals surface area contributed by atoms with E-state index >= 15 is 0 Å². The number of benzene rings is 2. The highest BCUT2D eigenvalue weighted by Crippen LogP contribution is 2.33. The van der Waals surface area contributed by atoms with Crippen molar-refractivity contribution in [1.29, 1.82) is 0 Å². The summed E-state index contributed by atoms with van der Waals surface area (Å²) in [6, 6.07) is 10.5. The van der Waals surface area contributed by atoms with Gasteiger partial charge in [-0.25, -0.2) is 0 Å². The summed E-state index contributed by atoms with van der Waals surface area (Å²) in [6.07, 6.45) is 0.511. The van der Waals surface area contributed by atoms with Crippen molar-refractivity contribution in [2.45, 2.75) is 53.6 Å². The Labute approximate surface area is 144 Å². The quantitative estimate of drug-likeness (QED) is 0.872. The van der Waals surface area contributed by atoms with Crippen LogP contribution in [0.5, 0.6) is 0 Å². The predicted molar refractivity (Wildman–Crippen MR) is 101 cm³/mol. The summed E-state index contributed by atoms with van der Waals surface area (Å²) in [4.78, 5) is 14.8. The van der Waals surface area contributed by atoms with Gasteiger partial charge in [-0.1, -0.05) is 18.2 Å². The van der Waals surface area contributed by atoms with Crippen molar-refractivity contribution in [3.05, 3.63) is 58.1 Å². The van der Waals surface area contributed by atoms with Gasteiger partial charge in [-0.05, 0) is 74.6 Å². The fourth-order valence-corrected chi connectivity index (χ4v) is 3.52. The van der Waals surface area contributed by atoms with Gasteiger partial charge in [0.2, 0.25) is 5.91 Å². The van der Waals surface area contributed by atoms with Crippen LogP contribution in [-0.4, -0.2) is 11.9 Å². The van der Waals surface area contributed by atoms with Crippen LogP contribution in [0, 0.1) is 27.7 Å². The van der Waals surface area contributed by atoms with Crippen molar-refractivity contribution in [3.8, 4) is 0 Å². The predicted octanol–water partition coefficient (Wildman–Crippen LogP) is 4.66. The largest absolute Gasteiger partial charge is 0.380 e. The van der Waals surface area contributed by atoms with E-state index in [0.717, 1.165) is 11.4 Å². The Bertz CT molecular complexity index is 768. The van der Waals surface area contributed by atoms with Gasteiger partial charge in [0.15, 0.2) is 0 Å². The molecule has 1 amide bonds. The molecule has 3 nitrogen and oxygen atoms in total. The molecule has 0 radical (unpaired) electrons. The summed E-state index contributed by atoms with van der Waals surface area (Å²) >= 11 is 0. The van der Waals surface area contributed by atoms with Crippen LogP contribution >= 0.6 is 0 Å². The summed E-state index contributed by atoms with van der Waals surface area (Å²) < 4.78 is 0. The number of nitrogens with one attached hydrogen (secondary N) is 1. The number of carbonyl (C=O) groups is 1. The second-order valence-electron chi connectivity index (χ2n) is 6.99. The molecule has 0 fully saturated rings. The third-order valence-corrected chi connectivity index (χ3v) is 5.22. The third-order valence-electron chi connectivity index (χ3n) is 5.22. The van der Waals surface area contributed by atoms with E-state index in [-0.39, 0.29) is 11.9 Å². The average Bonchev–Trinajstić information content (AvgIpc) is 2.65. The van der Waals surface area contributed by atoms with E-state index in [4.69, 9.17) is 0 Å². The molecule has 3 rings (SSSR count). The Morgan fingerprint density at radius 2 is 1.71 bits per heavy atom. The second-order valence-corrected chi connectivity index (χ2v) is 6.99. The molecule has 24 heavy (non-hydrogen) atoms. The maximum Gasteiger partial charge on any atom is 0.229 e. The summed E-state index contributed by atoms with van der Waals surface area (Å²) in [7, 11) is 0. The number of aryl methyl sites for hydroxylation is 2. The highest BCUT2D eigenvalue weighted by Gasteiger charge is 2.26. The molecular formula is C21H26N2O. The maximum absolute atomic E-state index is 12.9. The lowest BCUT2D eigenvalue weighted by Crippen LogP contribution is -2.31. The lowest BCUT2D eigenvalue weighted by atomic mass is 9.93. The number of fused-ring (bicyclic) bond motifs is 1. The summed E-state index contributed by atoms with van der Waals surface area (Å²) in [6.45, 7) is 11.3. The zero-order chi connectivity index (χ0) is 17.4. The Morgan fingerprint density at radius 3 is 2.38 bits per heavy atom. The van der Waals surface area contributed by atoms with Crippen molar-refractivity contribution < 1.29 is 4.79 Å². The number of carbonyl (C=O) groups excluding carboxylic acids is 1. The molecule has 0 bridgehead atoms. The van der Waals surface area contributed by atoms with E-state index in [0.29, 0.717) is 13.0 Å². The Morgan fingerprint density at radius 1 is 1.08 bits per heavy atom. The van der Waals surface area contributed by atoms with Gasteiger partial charge in [0.05, 0.1) is 17.9 Å². The number of para-hydroxylation sites is 2. The number of nitrogens with zero attached hydrogens (tertiary/aromatic N) is 1. The van der Waals surface area contributed by atoms with Gasteiger partial charge in [0, 0.05) is 12.5 Å². The highest BCUT2D eigenvalue weighted by molar-refractivity contribution is 5.98. The smallest absolute Gasteiger partial charge is 0.229 e. The van der Waals surface area contributed by atoms with Crippen LogP contribution in [0.3, 0.4) is 0 Å². The van der Waals surface area contributed by atoms with Crippen molar-refractivity contribution in [1.82, 2.24) is 0 Å². The van der Waals surface area contributed by atoms with E-state index in [1.165, 1.54) is 27.8 Å². The van der Waals surface area contributed by atoms with E-state index in [9.17, 15) is 4.79 Å². The molecule has 1 heterocycles. The monoisotopic (exact) mass is 322 g/mol. The van der Waals surface area contributed by atoms with Crippen molar-refractivity contribution >= 4 is 17.3 Å². The topological polar surface area (TPSA) is 32.3 Å². The summed E-state index contributed by atoms with van der Waals surface area (Å²) in [5, 5.41) is 3.46. The SMILES string of the molecule is Cc1cc(C)c(C)c(CN2C(=O)C[C@@H](C)Nc3ccccc32)c1C. The first-order valence-corrected chi connectivity index (χ1v) is 8.60. The van der Waals surface area contributed by atoms with Gasteiger partial charge in [0.25, 0.3) is 0 Å². The minimum atomic E-state index is 0.144. The van der Waals surface area contributed by atoms with Crippen LogP contribution in [0.1, 0.15) is 41.2 Å². The Kier molecular flexibility index (Phi) is 4.35. The van der Waals surface area contributed by atoms with Crippen LogP contribution in [0.4, 0.5) is 11.4 Å². The molecule has 0 unspecified atom stereocenters. The van der Waals surface area contributed by atoms with Gasteiger partial charge in [-0.3, -0.25) is 4.79 Å². The highest BCUT2D eigenvalue weighted by atomic mass is 16.2. The molecule has 3 heteroatoms. The van der Waals surface area contributed by atoms with E-state index in [1.807, 2.05) is 23.1 Å². The standard InChI is InChI=1S/C21H26N2O/c1-13-10-14(2)17(5)18(16(13)4)12-23-20-9-7-6-8-19(20)22-15(3)11-21(23)24/h6-10,15,22H,11-12H2,1-5H3/t15-/m1/s1. The van der Waals surface area contributed by atoms with Crippen LogP contribution < -0.4 is 10.2 Å². The number of hydrogen-bond acceptors (Lipinski definition) is 2. The molecule has 0 saturated heterocycles. The molecular weight excluding hydrogens is 296 g/mol. The van der Waals surface area contributed by atoms with E-state index < -0.39 is 0 Å². The lowest BCUT2D eigenvalue weighted by molar-refractivity contribution is -0.118. The molecule has 126 valence electrons. The van der Waals surface area contributed by atoms with Crippen LogP contribution in [-0.2, 0) is 11.3 Å². The summed E-state index contributed by atoms with van der Waals surface area (Å²) in [5.74, 6) is 0.179. The number of anilines is 2. The number of hydrogen-bond donors (Lipinski definition) is 1. The number of amides is 1. The van der Waals surface area contributed by atoms with E-state index in [2.05, 4.69) is 52.1 Å². The normalized spacial score (nSPS) is 17.3. The molecule has 0 spiro atoms. The minimum absolute atomic E-state index is 0.144. The average molecular weight is 322 g/mol. The lowest BCUT2D eigenvalue weighted by Gasteiger charge is -2.25. The molecule has 1 aliphatic heterocycles. The second kappa shape index (κ2) is 6.31. The molecule has 0 aromatic heterocycles. The molecule has 2 aromatic carbocycles. The molecule has 0 aliphatic carbocycles. The summed E-state index contributed by atoms with van der Waals surface area (Å²) in [5.41, 5.74) is 8.43. The van der Waals surface area contributed by atoms with Gasteiger partial charge in [0.1, 0.15) is 0 Å². The van der Waals surface area contributed by atoms with E-state index in [1.54, 1.807) is 0 Å². The third kappa shape index (κ3) is 2.91. The van der Waals surface area contributed by atoms with Crippen molar-refractivity contribution in [2.24, 2.45) is 0 Å². The molecule has 0 saturated carbocycles. The molecule has 2 aromatic rings. The van der Waals surface area contributed by atoms with Crippen LogP contribution in [0.2, 0.25) is 0 Å². The number of rotatable bonds is 2. The van der Waals surface area contributed by atoms with Gasteiger partial charge in [-0.2, -0.15) is 0 Å². The van der Waals surface area contributed by atoms with Gasteiger partial charge in [-0.15, -0.1) is 0 Å². The first kappa shape index (κ1) is 16.6. The minimum Gasteiger partial charge on any atom is -0.380 e. The van der Waals surface area contributed by atoms with Crippen LogP contribution in [0.15, 0.2) is 30.3 Å². The van der Waals surface area contributed by atoms with Crippen molar-refractivity contribution in [2.75, 3.05) is 10.2 Å². The Balaban J connectivity index is 2.08. The molecule has 1 atom stereocenters.